The Morgan fingerprint density at radius 3 is 3.25 bits per heavy atom. The fourth-order valence-corrected chi connectivity index (χ4v) is 1.44. The molecule has 0 spiro atoms. The van der Waals surface area contributed by atoms with Crippen LogP contribution in [0.1, 0.15) is 0 Å². The van der Waals surface area contributed by atoms with Gasteiger partial charge in [-0.25, -0.2) is 0 Å². The molecule has 0 fully saturated rings. The van der Waals surface area contributed by atoms with Crippen LogP contribution in [0.25, 0.3) is 21.8 Å². The quantitative estimate of drug-likeness (QED) is 0.520. The van der Waals surface area contributed by atoms with Gasteiger partial charge >= 0.3 is 0 Å². The van der Waals surface area contributed by atoms with Gasteiger partial charge in [-0.15, -0.1) is 0 Å². The normalized spacial score (nSPS) is 11.3. The SMILES string of the molecule is c1cc2nncc2c2[nH][nH]cc12. The molecule has 2 N–H and O–H groups in total. The highest BCUT2D eigenvalue weighted by molar-refractivity contribution is 6.03. The summed E-state index contributed by atoms with van der Waals surface area (Å²) in [6, 6.07) is 3.98. The number of fused-ring (bicyclic) bond motifs is 3. The van der Waals surface area contributed by atoms with Crippen molar-refractivity contribution in [2.75, 3.05) is 0 Å². The molecule has 58 valence electrons. The molecular weight excluding hydrogens is 152 g/mol. The minimum atomic E-state index is 0.929. The van der Waals surface area contributed by atoms with Crippen LogP contribution in [0.5, 0.6) is 0 Å². The molecule has 3 aromatic rings. The van der Waals surface area contributed by atoms with Crippen LogP contribution in [0.3, 0.4) is 0 Å². The molecule has 3 rings (SSSR count). The molecule has 0 atom stereocenters. The molecule has 0 unspecified atom stereocenters. The van der Waals surface area contributed by atoms with E-state index in [1.165, 1.54) is 0 Å². The van der Waals surface area contributed by atoms with Gasteiger partial charge in [-0.05, 0) is 12.1 Å². The number of aromatic nitrogens is 4. The molecule has 0 bridgehead atoms. The predicted octanol–water partition coefficient (Wildman–Crippen LogP) is 1.44. The molecule has 0 amide bonds. The van der Waals surface area contributed by atoms with E-state index in [9.17, 15) is 0 Å². The van der Waals surface area contributed by atoms with Crippen LogP contribution >= 0.6 is 0 Å². The highest BCUT2D eigenvalue weighted by Crippen LogP contribution is 2.20. The maximum atomic E-state index is 3.96. The molecule has 0 aliphatic heterocycles. The first kappa shape index (κ1) is 5.77. The summed E-state index contributed by atoms with van der Waals surface area (Å²) in [5.41, 5.74) is 2.00. The standard InChI is InChI=1S/C8H6N4/c1-2-7-6(4-10-11-7)8-5(1)3-9-12-8/h1-4,9,12H. The maximum Gasteiger partial charge on any atom is 0.0967 e. The number of aromatic amines is 2. The van der Waals surface area contributed by atoms with Crippen molar-refractivity contribution < 1.29 is 0 Å². The second kappa shape index (κ2) is 1.85. The Balaban J connectivity index is 2.71. The third-order valence-corrected chi connectivity index (χ3v) is 2.03. The van der Waals surface area contributed by atoms with E-state index in [1.54, 1.807) is 6.20 Å². The highest BCUT2D eigenvalue weighted by Gasteiger charge is 2.02. The lowest BCUT2D eigenvalue weighted by atomic mass is 10.2. The lowest BCUT2D eigenvalue weighted by Crippen LogP contribution is -1.70. The summed E-state index contributed by atoms with van der Waals surface area (Å²) in [6.07, 6.45) is 3.68. The Labute approximate surface area is 67.6 Å². The number of nitrogens with one attached hydrogen (secondary N) is 2. The van der Waals surface area contributed by atoms with Crippen molar-refractivity contribution in [3.05, 3.63) is 24.5 Å². The summed E-state index contributed by atoms with van der Waals surface area (Å²) in [5.74, 6) is 0. The molecule has 0 saturated heterocycles. The van der Waals surface area contributed by atoms with Gasteiger partial charge in [0.15, 0.2) is 0 Å². The van der Waals surface area contributed by atoms with E-state index in [1.807, 2.05) is 18.3 Å². The van der Waals surface area contributed by atoms with E-state index in [-0.39, 0.29) is 0 Å². The van der Waals surface area contributed by atoms with Crippen molar-refractivity contribution in [1.29, 1.82) is 0 Å². The number of hydrogen-bond acceptors (Lipinski definition) is 2. The van der Waals surface area contributed by atoms with Crippen LogP contribution in [-0.4, -0.2) is 20.4 Å². The van der Waals surface area contributed by atoms with E-state index in [0.29, 0.717) is 0 Å². The summed E-state index contributed by atoms with van der Waals surface area (Å²) in [5, 5.41) is 16.0. The zero-order valence-electron chi connectivity index (χ0n) is 6.20. The van der Waals surface area contributed by atoms with E-state index < -0.39 is 0 Å². The second-order valence-corrected chi connectivity index (χ2v) is 2.72. The van der Waals surface area contributed by atoms with Crippen molar-refractivity contribution >= 4 is 21.8 Å². The first-order valence-corrected chi connectivity index (χ1v) is 3.71. The average Bonchev–Trinajstić information content (AvgIpc) is 2.71. The maximum absolute atomic E-state index is 3.96. The van der Waals surface area contributed by atoms with Crippen LogP contribution in [0, 0.1) is 0 Å². The molecule has 0 radical (unpaired) electrons. The van der Waals surface area contributed by atoms with Gasteiger partial charge in [0.1, 0.15) is 0 Å². The largest absolute Gasteiger partial charge is 0.307 e. The number of H-pyrrole nitrogens is 2. The van der Waals surface area contributed by atoms with E-state index >= 15 is 0 Å². The average molecular weight is 158 g/mol. The van der Waals surface area contributed by atoms with Crippen molar-refractivity contribution in [3.63, 3.8) is 0 Å². The minimum absolute atomic E-state index is 0.929. The topological polar surface area (TPSA) is 57.4 Å². The first-order chi connectivity index (χ1) is 5.95. The van der Waals surface area contributed by atoms with E-state index in [4.69, 9.17) is 0 Å². The van der Waals surface area contributed by atoms with Crippen LogP contribution in [0.2, 0.25) is 0 Å². The number of hydrogen-bond donors (Lipinski definition) is 2. The highest BCUT2D eigenvalue weighted by atomic mass is 15.1. The molecule has 12 heavy (non-hydrogen) atoms. The second-order valence-electron chi connectivity index (χ2n) is 2.72. The number of benzene rings is 1. The predicted molar refractivity (Wildman–Crippen MR) is 45.7 cm³/mol. The molecular formula is C8H6N4. The summed E-state index contributed by atoms with van der Waals surface area (Å²) in [4.78, 5) is 0. The van der Waals surface area contributed by atoms with Gasteiger partial charge < -0.3 is 10.2 Å². The van der Waals surface area contributed by atoms with Crippen LogP contribution in [0.4, 0.5) is 0 Å². The smallest absolute Gasteiger partial charge is 0.0967 e. The van der Waals surface area contributed by atoms with E-state index in [0.717, 1.165) is 21.8 Å². The Bertz CT molecular complexity index is 484. The third-order valence-electron chi connectivity index (χ3n) is 2.03. The molecule has 4 heteroatoms. The summed E-state index contributed by atoms with van der Waals surface area (Å²) < 4.78 is 0. The summed E-state index contributed by atoms with van der Waals surface area (Å²) in [6.45, 7) is 0. The Morgan fingerprint density at radius 2 is 2.25 bits per heavy atom. The fraction of sp³-hybridized carbons (Fsp3) is 0. The summed E-state index contributed by atoms with van der Waals surface area (Å²) in [7, 11) is 0. The molecule has 0 aliphatic carbocycles. The Hall–Kier alpha value is -1.84. The van der Waals surface area contributed by atoms with Gasteiger partial charge in [0.2, 0.25) is 0 Å². The summed E-state index contributed by atoms with van der Waals surface area (Å²) >= 11 is 0. The zero-order chi connectivity index (χ0) is 7.97. The zero-order valence-corrected chi connectivity index (χ0v) is 6.20. The fourth-order valence-electron chi connectivity index (χ4n) is 1.44. The van der Waals surface area contributed by atoms with Gasteiger partial charge in [-0.1, -0.05) is 0 Å². The molecule has 0 aliphatic rings. The molecule has 1 aromatic carbocycles. The molecule has 0 saturated carbocycles. The van der Waals surface area contributed by atoms with Crippen LogP contribution in [-0.2, 0) is 0 Å². The van der Waals surface area contributed by atoms with Gasteiger partial charge in [-0.3, -0.25) is 0 Å². The number of nitrogens with zero attached hydrogens (tertiary/aromatic N) is 2. The van der Waals surface area contributed by atoms with Crippen molar-refractivity contribution in [2.45, 2.75) is 0 Å². The van der Waals surface area contributed by atoms with Crippen LogP contribution < -0.4 is 0 Å². The Morgan fingerprint density at radius 1 is 1.25 bits per heavy atom. The van der Waals surface area contributed by atoms with Gasteiger partial charge in [0.25, 0.3) is 0 Å². The monoisotopic (exact) mass is 158 g/mol. The molecule has 4 nitrogen and oxygen atoms in total. The lowest BCUT2D eigenvalue weighted by molar-refractivity contribution is 1.12. The van der Waals surface area contributed by atoms with E-state index in [2.05, 4.69) is 20.4 Å². The van der Waals surface area contributed by atoms with Gasteiger partial charge in [0, 0.05) is 17.0 Å². The molecule has 2 aromatic heterocycles. The number of rotatable bonds is 0. The van der Waals surface area contributed by atoms with Gasteiger partial charge in [-0.2, -0.15) is 10.2 Å². The minimum Gasteiger partial charge on any atom is -0.307 e. The lowest BCUT2D eigenvalue weighted by Gasteiger charge is -1.88. The van der Waals surface area contributed by atoms with Crippen molar-refractivity contribution in [1.82, 2.24) is 20.4 Å². The Kier molecular flexibility index (Phi) is 0.889. The van der Waals surface area contributed by atoms with Crippen LogP contribution in [0.15, 0.2) is 24.5 Å². The van der Waals surface area contributed by atoms with Crippen molar-refractivity contribution in [3.8, 4) is 0 Å². The molecule has 2 heterocycles. The van der Waals surface area contributed by atoms with Gasteiger partial charge in [0.05, 0.1) is 17.2 Å². The first-order valence-electron chi connectivity index (χ1n) is 3.71. The van der Waals surface area contributed by atoms with Crippen molar-refractivity contribution in [2.24, 2.45) is 0 Å². The third kappa shape index (κ3) is 0.567.